The van der Waals surface area contributed by atoms with Gasteiger partial charge in [0.05, 0.1) is 18.9 Å². The minimum atomic E-state index is -1.04. The van der Waals surface area contributed by atoms with Gasteiger partial charge in [-0.1, -0.05) is 6.07 Å². The van der Waals surface area contributed by atoms with Gasteiger partial charge in [0.2, 0.25) is 5.91 Å². The van der Waals surface area contributed by atoms with Gasteiger partial charge in [-0.15, -0.1) is 0 Å². The summed E-state index contributed by atoms with van der Waals surface area (Å²) in [5.41, 5.74) is -0.546. The Labute approximate surface area is 116 Å². The SMILES string of the molecule is COc1ccc(CC(=O)NCC(C)(C)C(=O)O)cc1F. The standard InChI is InChI=1S/C14H18FNO4/c1-14(2,13(18)19)8-16-12(17)7-9-4-5-11(20-3)10(15)6-9/h4-6H,7-8H2,1-3H3,(H,16,17)(H,18,19). The number of amides is 1. The molecule has 1 aromatic rings. The summed E-state index contributed by atoms with van der Waals surface area (Å²) in [6.45, 7) is 3.05. The van der Waals surface area contributed by atoms with Crippen molar-refractivity contribution in [1.29, 1.82) is 0 Å². The molecule has 0 aliphatic heterocycles. The Balaban J connectivity index is 2.59. The number of ether oxygens (including phenoxy) is 1. The largest absolute Gasteiger partial charge is 0.494 e. The highest BCUT2D eigenvalue weighted by Crippen LogP contribution is 2.18. The van der Waals surface area contributed by atoms with E-state index in [0.29, 0.717) is 5.56 Å². The van der Waals surface area contributed by atoms with Crippen LogP contribution in [-0.4, -0.2) is 30.6 Å². The van der Waals surface area contributed by atoms with Crippen LogP contribution in [0.25, 0.3) is 0 Å². The van der Waals surface area contributed by atoms with Gasteiger partial charge in [-0.3, -0.25) is 9.59 Å². The molecule has 110 valence electrons. The molecule has 0 fully saturated rings. The number of carbonyl (C=O) groups is 2. The minimum Gasteiger partial charge on any atom is -0.494 e. The number of rotatable bonds is 6. The number of nitrogens with one attached hydrogen (secondary N) is 1. The van der Waals surface area contributed by atoms with Gasteiger partial charge in [0.25, 0.3) is 0 Å². The van der Waals surface area contributed by atoms with Crippen LogP contribution in [-0.2, 0) is 16.0 Å². The Morgan fingerprint density at radius 3 is 2.55 bits per heavy atom. The van der Waals surface area contributed by atoms with E-state index in [1.807, 2.05) is 0 Å². The van der Waals surface area contributed by atoms with Gasteiger partial charge < -0.3 is 15.2 Å². The molecule has 0 saturated heterocycles. The lowest BCUT2D eigenvalue weighted by Gasteiger charge is -2.19. The average molecular weight is 283 g/mol. The maximum absolute atomic E-state index is 13.4. The van der Waals surface area contributed by atoms with Crippen molar-refractivity contribution >= 4 is 11.9 Å². The van der Waals surface area contributed by atoms with E-state index in [2.05, 4.69) is 5.32 Å². The summed E-state index contributed by atoms with van der Waals surface area (Å²) in [5, 5.41) is 11.5. The molecule has 0 aromatic heterocycles. The summed E-state index contributed by atoms with van der Waals surface area (Å²) in [7, 11) is 1.36. The Hall–Kier alpha value is -2.11. The third-order valence-corrected chi connectivity index (χ3v) is 2.89. The number of benzene rings is 1. The van der Waals surface area contributed by atoms with Crippen molar-refractivity contribution in [2.45, 2.75) is 20.3 Å². The fourth-order valence-electron chi connectivity index (χ4n) is 1.46. The molecular weight excluding hydrogens is 265 g/mol. The van der Waals surface area contributed by atoms with Gasteiger partial charge in [0.15, 0.2) is 11.6 Å². The summed E-state index contributed by atoms with van der Waals surface area (Å²) in [4.78, 5) is 22.6. The first-order valence-electron chi connectivity index (χ1n) is 6.09. The molecule has 0 radical (unpaired) electrons. The molecule has 0 atom stereocenters. The zero-order chi connectivity index (χ0) is 15.3. The fourth-order valence-corrected chi connectivity index (χ4v) is 1.46. The van der Waals surface area contributed by atoms with Gasteiger partial charge in [-0.2, -0.15) is 0 Å². The van der Waals surface area contributed by atoms with Crippen molar-refractivity contribution < 1.29 is 23.8 Å². The molecule has 6 heteroatoms. The molecule has 0 aliphatic rings. The monoisotopic (exact) mass is 283 g/mol. The van der Waals surface area contributed by atoms with Crippen molar-refractivity contribution in [2.24, 2.45) is 5.41 Å². The molecule has 0 unspecified atom stereocenters. The number of carboxylic acid groups (broad SMARTS) is 1. The predicted octanol–water partition coefficient (Wildman–Crippen LogP) is 1.60. The highest BCUT2D eigenvalue weighted by atomic mass is 19.1. The Bertz CT molecular complexity index is 514. The lowest BCUT2D eigenvalue weighted by atomic mass is 9.94. The highest BCUT2D eigenvalue weighted by Gasteiger charge is 2.27. The second-order valence-corrected chi connectivity index (χ2v) is 5.11. The third-order valence-electron chi connectivity index (χ3n) is 2.89. The van der Waals surface area contributed by atoms with Crippen LogP contribution in [0.2, 0.25) is 0 Å². The lowest BCUT2D eigenvalue weighted by Crippen LogP contribution is -2.39. The highest BCUT2D eigenvalue weighted by molar-refractivity contribution is 5.80. The van der Waals surface area contributed by atoms with Crippen LogP contribution in [0.1, 0.15) is 19.4 Å². The maximum Gasteiger partial charge on any atom is 0.310 e. The zero-order valence-corrected chi connectivity index (χ0v) is 11.7. The molecule has 0 heterocycles. The Kier molecular flexibility index (Phi) is 5.07. The molecule has 1 amide bonds. The van der Waals surface area contributed by atoms with E-state index in [9.17, 15) is 14.0 Å². The van der Waals surface area contributed by atoms with Crippen LogP contribution in [0.3, 0.4) is 0 Å². The molecule has 5 nitrogen and oxygen atoms in total. The van der Waals surface area contributed by atoms with Gasteiger partial charge >= 0.3 is 5.97 Å². The van der Waals surface area contributed by atoms with Gasteiger partial charge in [-0.25, -0.2) is 4.39 Å². The fraction of sp³-hybridized carbons (Fsp3) is 0.429. The zero-order valence-electron chi connectivity index (χ0n) is 11.7. The van der Waals surface area contributed by atoms with Crippen LogP contribution in [0.15, 0.2) is 18.2 Å². The summed E-state index contributed by atoms with van der Waals surface area (Å²) in [6.07, 6.45) is -0.0172. The second kappa shape index (κ2) is 6.36. The van der Waals surface area contributed by atoms with E-state index in [4.69, 9.17) is 9.84 Å². The molecule has 0 saturated carbocycles. The topological polar surface area (TPSA) is 75.6 Å². The average Bonchev–Trinajstić information content (AvgIpc) is 2.36. The summed E-state index contributed by atoms with van der Waals surface area (Å²) < 4.78 is 18.2. The maximum atomic E-state index is 13.4. The summed E-state index contributed by atoms with van der Waals surface area (Å²) in [6, 6.07) is 4.25. The normalized spacial score (nSPS) is 11.0. The summed E-state index contributed by atoms with van der Waals surface area (Å²) >= 11 is 0. The molecule has 1 aromatic carbocycles. The minimum absolute atomic E-state index is 0.0137. The van der Waals surface area contributed by atoms with Crippen molar-refractivity contribution in [3.63, 3.8) is 0 Å². The lowest BCUT2D eigenvalue weighted by molar-refractivity contribution is -0.146. The molecular formula is C14H18FNO4. The Morgan fingerprint density at radius 1 is 1.40 bits per heavy atom. The third kappa shape index (κ3) is 4.22. The number of aliphatic carboxylic acids is 1. The second-order valence-electron chi connectivity index (χ2n) is 5.11. The van der Waals surface area contributed by atoms with E-state index in [0.717, 1.165) is 0 Å². The van der Waals surface area contributed by atoms with Crippen molar-refractivity contribution in [1.82, 2.24) is 5.32 Å². The van der Waals surface area contributed by atoms with Crippen LogP contribution in [0.5, 0.6) is 5.75 Å². The number of carbonyl (C=O) groups excluding carboxylic acids is 1. The molecule has 1 rings (SSSR count). The van der Waals surface area contributed by atoms with Crippen LogP contribution in [0.4, 0.5) is 4.39 Å². The first kappa shape index (κ1) is 15.9. The molecule has 0 aliphatic carbocycles. The van der Waals surface area contributed by atoms with E-state index < -0.39 is 17.2 Å². The molecule has 20 heavy (non-hydrogen) atoms. The van der Waals surface area contributed by atoms with Crippen molar-refractivity contribution in [3.05, 3.63) is 29.6 Å². The Morgan fingerprint density at radius 2 is 2.05 bits per heavy atom. The number of carboxylic acids is 1. The van der Waals surface area contributed by atoms with Crippen molar-refractivity contribution in [3.8, 4) is 5.75 Å². The van der Waals surface area contributed by atoms with E-state index in [1.165, 1.54) is 33.1 Å². The number of hydrogen-bond acceptors (Lipinski definition) is 3. The predicted molar refractivity (Wildman–Crippen MR) is 71.1 cm³/mol. The first-order chi connectivity index (χ1) is 9.26. The van der Waals surface area contributed by atoms with Gasteiger partial charge in [-0.05, 0) is 31.5 Å². The quantitative estimate of drug-likeness (QED) is 0.831. The number of hydrogen-bond donors (Lipinski definition) is 2. The van der Waals surface area contributed by atoms with Crippen LogP contribution in [0, 0.1) is 11.2 Å². The van der Waals surface area contributed by atoms with Gasteiger partial charge in [0, 0.05) is 6.54 Å². The van der Waals surface area contributed by atoms with Crippen molar-refractivity contribution in [2.75, 3.05) is 13.7 Å². The van der Waals surface area contributed by atoms with Gasteiger partial charge in [0.1, 0.15) is 0 Å². The first-order valence-corrected chi connectivity index (χ1v) is 6.09. The van der Waals surface area contributed by atoms with Crippen LogP contribution >= 0.6 is 0 Å². The summed E-state index contributed by atoms with van der Waals surface area (Å²) in [5.74, 6) is -1.78. The number of methoxy groups -OCH3 is 1. The molecule has 0 spiro atoms. The van der Waals surface area contributed by atoms with Crippen LogP contribution < -0.4 is 10.1 Å². The molecule has 2 N–H and O–H groups in total. The number of halogens is 1. The van der Waals surface area contributed by atoms with E-state index >= 15 is 0 Å². The van der Waals surface area contributed by atoms with E-state index in [1.54, 1.807) is 6.07 Å². The van der Waals surface area contributed by atoms with E-state index in [-0.39, 0.29) is 24.6 Å². The molecule has 0 bridgehead atoms. The smallest absolute Gasteiger partial charge is 0.310 e.